The van der Waals surface area contributed by atoms with E-state index in [1.165, 1.54) is 12.1 Å². The molecule has 0 heterocycles. The summed E-state index contributed by atoms with van der Waals surface area (Å²) in [7, 11) is 0. The minimum Gasteiger partial charge on any atom is -0.399 e. The molecule has 4 nitrogen and oxygen atoms in total. The first-order valence-electron chi connectivity index (χ1n) is 5.97. The quantitative estimate of drug-likeness (QED) is 0.700. The number of carbonyl (C=O) groups is 1. The summed E-state index contributed by atoms with van der Waals surface area (Å²) in [5.41, 5.74) is 4.65. The maximum Gasteiger partial charge on any atom is 0.254 e. The van der Waals surface area contributed by atoms with E-state index in [1.54, 1.807) is 0 Å². The lowest BCUT2D eigenvalue weighted by molar-refractivity contribution is 0.0313. The van der Waals surface area contributed by atoms with Crippen molar-refractivity contribution in [1.82, 2.24) is 5.32 Å². The summed E-state index contributed by atoms with van der Waals surface area (Å²) in [6.07, 6.45) is 1.04. The Morgan fingerprint density at radius 3 is 2.56 bits per heavy atom. The second-order valence-electron chi connectivity index (χ2n) is 4.35. The second-order valence-corrected chi connectivity index (χ2v) is 4.35. The molecule has 1 aromatic rings. The Morgan fingerprint density at radius 1 is 1.44 bits per heavy atom. The van der Waals surface area contributed by atoms with Gasteiger partial charge in [-0.25, -0.2) is 4.39 Å². The van der Waals surface area contributed by atoms with E-state index in [0.29, 0.717) is 12.8 Å². The Hall–Kier alpha value is -1.62. The van der Waals surface area contributed by atoms with Crippen molar-refractivity contribution in [3.05, 3.63) is 29.6 Å². The van der Waals surface area contributed by atoms with Crippen LogP contribution in [0.15, 0.2) is 18.2 Å². The van der Waals surface area contributed by atoms with Gasteiger partial charge in [0.15, 0.2) is 0 Å². The van der Waals surface area contributed by atoms with Crippen molar-refractivity contribution in [1.29, 1.82) is 0 Å². The largest absolute Gasteiger partial charge is 0.399 e. The zero-order valence-corrected chi connectivity index (χ0v) is 10.7. The van der Waals surface area contributed by atoms with E-state index >= 15 is 0 Å². The van der Waals surface area contributed by atoms with E-state index in [9.17, 15) is 14.3 Å². The van der Waals surface area contributed by atoms with Crippen molar-refractivity contribution in [3.63, 3.8) is 0 Å². The fourth-order valence-electron chi connectivity index (χ4n) is 1.56. The number of rotatable bonds is 5. The Morgan fingerprint density at radius 2 is 2.06 bits per heavy atom. The Bertz CT molecular complexity index is 431. The standard InChI is InChI=1S/C13H19FN2O2/c1-3-13(18,4-2)8-16-12(17)10-6-5-9(15)7-11(10)14/h5-7,18H,3-4,8,15H2,1-2H3,(H,16,17). The Labute approximate surface area is 106 Å². The molecule has 0 saturated heterocycles. The summed E-state index contributed by atoms with van der Waals surface area (Å²) < 4.78 is 13.5. The van der Waals surface area contributed by atoms with Gasteiger partial charge in [-0.3, -0.25) is 4.79 Å². The summed E-state index contributed by atoms with van der Waals surface area (Å²) >= 11 is 0. The number of nitrogen functional groups attached to an aromatic ring is 1. The molecule has 0 atom stereocenters. The predicted octanol–water partition coefficient (Wildman–Crippen LogP) is 1.69. The Kier molecular flexibility index (Phi) is 4.67. The summed E-state index contributed by atoms with van der Waals surface area (Å²) in [6.45, 7) is 3.77. The van der Waals surface area contributed by atoms with Crippen molar-refractivity contribution in [2.24, 2.45) is 0 Å². The molecule has 0 aliphatic heterocycles. The first-order valence-corrected chi connectivity index (χ1v) is 5.97. The van der Waals surface area contributed by atoms with E-state index in [4.69, 9.17) is 5.73 Å². The highest BCUT2D eigenvalue weighted by Gasteiger charge is 2.23. The maximum atomic E-state index is 13.5. The third-order valence-electron chi connectivity index (χ3n) is 3.13. The van der Waals surface area contributed by atoms with Crippen LogP contribution in [0.25, 0.3) is 0 Å². The van der Waals surface area contributed by atoms with Crippen LogP contribution < -0.4 is 11.1 Å². The van der Waals surface area contributed by atoms with E-state index in [2.05, 4.69) is 5.32 Å². The van der Waals surface area contributed by atoms with Gasteiger partial charge in [0.2, 0.25) is 0 Å². The van der Waals surface area contributed by atoms with E-state index in [-0.39, 0.29) is 17.8 Å². The van der Waals surface area contributed by atoms with Gasteiger partial charge in [-0.15, -0.1) is 0 Å². The number of amides is 1. The number of carbonyl (C=O) groups excluding carboxylic acids is 1. The zero-order chi connectivity index (χ0) is 13.8. The molecule has 0 aliphatic carbocycles. The number of hydrogen-bond acceptors (Lipinski definition) is 3. The highest BCUT2D eigenvalue weighted by molar-refractivity contribution is 5.94. The molecule has 0 saturated carbocycles. The molecular weight excluding hydrogens is 235 g/mol. The fraction of sp³-hybridized carbons (Fsp3) is 0.462. The second kappa shape index (κ2) is 5.82. The average molecular weight is 254 g/mol. The summed E-state index contributed by atoms with van der Waals surface area (Å²) in [4.78, 5) is 11.8. The van der Waals surface area contributed by atoms with Crippen LogP contribution in [0.2, 0.25) is 0 Å². The van der Waals surface area contributed by atoms with Crippen LogP contribution in [-0.4, -0.2) is 23.2 Å². The van der Waals surface area contributed by atoms with Gasteiger partial charge in [0.05, 0.1) is 11.2 Å². The number of aliphatic hydroxyl groups is 1. The van der Waals surface area contributed by atoms with Gasteiger partial charge in [0.25, 0.3) is 5.91 Å². The summed E-state index contributed by atoms with van der Waals surface area (Å²) in [5.74, 6) is -1.21. The lowest BCUT2D eigenvalue weighted by atomic mass is 9.97. The third-order valence-corrected chi connectivity index (χ3v) is 3.13. The molecule has 1 rings (SSSR count). The van der Waals surface area contributed by atoms with Crippen molar-refractivity contribution >= 4 is 11.6 Å². The molecule has 0 spiro atoms. The topological polar surface area (TPSA) is 75.3 Å². The van der Waals surface area contributed by atoms with Crippen LogP contribution in [0.5, 0.6) is 0 Å². The smallest absolute Gasteiger partial charge is 0.254 e. The van der Waals surface area contributed by atoms with Gasteiger partial charge in [-0.05, 0) is 31.0 Å². The van der Waals surface area contributed by atoms with E-state index in [1.807, 2.05) is 13.8 Å². The molecule has 5 heteroatoms. The summed E-state index contributed by atoms with van der Waals surface area (Å²) in [6, 6.07) is 3.89. The average Bonchev–Trinajstić information content (AvgIpc) is 2.35. The molecule has 0 aromatic heterocycles. The fourth-order valence-corrected chi connectivity index (χ4v) is 1.56. The van der Waals surface area contributed by atoms with Crippen LogP contribution in [0.4, 0.5) is 10.1 Å². The molecular formula is C13H19FN2O2. The molecule has 4 N–H and O–H groups in total. The van der Waals surface area contributed by atoms with Crippen LogP contribution in [0, 0.1) is 5.82 Å². The van der Waals surface area contributed by atoms with Gasteiger partial charge in [0.1, 0.15) is 5.82 Å². The molecule has 0 unspecified atom stereocenters. The predicted molar refractivity (Wildman–Crippen MR) is 68.7 cm³/mol. The number of nitrogens with one attached hydrogen (secondary N) is 1. The van der Waals surface area contributed by atoms with Gasteiger partial charge in [-0.1, -0.05) is 13.8 Å². The number of hydrogen-bond donors (Lipinski definition) is 3. The van der Waals surface area contributed by atoms with Crippen LogP contribution in [0.1, 0.15) is 37.0 Å². The van der Waals surface area contributed by atoms with Gasteiger partial charge in [-0.2, -0.15) is 0 Å². The molecule has 0 fully saturated rings. The van der Waals surface area contributed by atoms with E-state index < -0.39 is 17.3 Å². The number of benzene rings is 1. The molecule has 1 aromatic carbocycles. The minimum absolute atomic E-state index is 0.0706. The lowest BCUT2D eigenvalue weighted by Gasteiger charge is -2.25. The highest BCUT2D eigenvalue weighted by Crippen LogP contribution is 2.15. The zero-order valence-electron chi connectivity index (χ0n) is 10.7. The highest BCUT2D eigenvalue weighted by atomic mass is 19.1. The molecule has 0 aliphatic rings. The van der Waals surface area contributed by atoms with Gasteiger partial charge >= 0.3 is 0 Å². The first-order chi connectivity index (χ1) is 8.41. The molecule has 18 heavy (non-hydrogen) atoms. The van der Waals surface area contributed by atoms with Gasteiger partial charge in [0, 0.05) is 12.2 Å². The van der Waals surface area contributed by atoms with E-state index in [0.717, 1.165) is 6.07 Å². The van der Waals surface area contributed by atoms with Crippen LogP contribution >= 0.6 is 0 Å². The lowest BCUT2D eigenvalue weighted by Crippen LogP contribution is -2.42. The number of anilines is 1. The molecule has 100 valence electrons. The van der Waals surface area contributed by atoms with Crippen molar-refractivity contribution < 1.29 is 14.3 Å². The molecule has 0 bridgehead atoms. The van der Waals surface area contributed by atoms with Crippen molar-refractivity contribution in [2.75, 3.05) is 12.3 Å². The van der Waals surface area contributed by atoms with Crippen LogP contribution in [0.3, 0.4) is 0 Å². The van der Waals surface area contributed by atoms with Crippen LogP contribution in [-0.2, 0) is 0 Å². The van der Waals surface area contributed by atoms with Crippen molar-refractivity contribution in [2.45, 2.75) is 32.3 Å². The Balaban J connectivity index is 2.71. The summed E-state index contributed by atoms with van der Waals surface area (Å²) in [5, 5.41) is 12.5. The maximum absolute atomic E-state index is 13.5. The number of halogens is 1. The third kappa shape index (κ3) is 3.43. The first kappa shape index (κ1) is 14.4. The monoisotopic (exact) mass is 254 g/mol. The normalized spacial score (nSPS) is 11.3. The van der Waals surface area contributed by atoms with Crippen molar-refractivity contribution in [3.8, 4) is 0 Å². The molecule has 1 amide bonds. The number of nitrogens with two attached hydrogens (primary N) is 1. The minimum atomic E-state index is -0.944. The molecule has 0 radical (unpaired) electrons. The van der Waals surface area contributed by atoms with Gasteiger partial charge < -0.3 is 16.2 Å². The SMILES string of the molecule is CCC(O)(CC)CNC(=O)c1ccc(N)cc1F.